The summed E-state index contributed by atoms with van der Waals surface area (Å²) in [6.07, 6.45) is 0.257. The summed E-state index contributed by atoms with van der Waals surface area (Å²) in [7, 11) is 0. The minimum Gasteiger partial charge on any atom is -0.494 e. The number of anilines is 1. The molecule has 0 bridgehead atoms. The molecule has 1 amide bonds. The molecule has 0 saturated carbocycles. The molecule has 4 rings (SSSR count). The second-order valence-corrected chi connectivity index (χ2v) is 8.21. The molecule has 0 saturated heterocycles. The smallest absolute Gasteiger partial charge is 0.264 e. The highest BCUT2D eigenvalue weighted by molar-refractivity contribution is 6.31. The van der Waals surface area contributed by atoms with Crippen LogP contribution in [0.3, 0.4) is 0 Å². The van der Waals surface area contributed by atoms with E-state index in [4.69, 9.17) is 16.3 Å². The zero-order valence-electron chi connectivity index (χ0n) is 17.8. The lowest BCUT2D eigenvalue weighted by atomic mass is 9.88. The van der Waals surface area contributed by atoms with E-state index in [-0.39, 0.29) is 12.2 Å². The van der Waals surface area contributed by atoms with Crippen molar-refractivity contribution in [2.24, 2.45) is 0 Å². The summed E-state index contributed by atoms with van der Waals surface area (Å²) >= 11 is 6.18. The largest absolute Gasteiger partial charge is 0.494 e. The van der Waals surface area contributed by atoms with Gasteiger partial charge in [-0.05, 0) is 61.4 Å². The van der Waals surface area contributed by atoms with Crippen molar-refractivity contribution in [2.75, 3.05) is 18.1 Å². The van der Waals surface area contributed by atoms with Gasteiger partial charge in [-0.1, -0.05) is 41.9 Å². The minimum absolute atomic E-state index is 0.334. The maximum atomic E-state index is 13.4. The molecule has 1 heterocycles. The standard InChI is InChI=1S/C26H24ClNO4/c1-2-32-21-11-8-19(9-12-21)24(29)17-26(31)22-16-20(27)10-13-23(22)28(25(26)30)15-14-18-6-4-3-5-7-18/h3-13,16,31H,2,14-15,17H2,1H3. The average molecular weight is 450 g/mol. The van der Waals surface area contributed by atoms with Gasteiger partial charge in [-0.2, -0.15) is 0 Å². The Bertz CT molecular complexity index is 1130. The third-order valence-corrected chi connectivity index (χ3v) is 5.90. The van der Waals surface area contributed by atoms with Gasteiger partial charge in [0.2, 0.25) is 0 Å². The molecular formula is C26H24ClNO4. The SMILES string of the molecule is CCOc1ccc(C(=O)CC2(O)C(=O)N(CCc3ccccc3)c3ccc(Cl)cc32)cc1. The molecule has 1 atom stereocenters. The Kier molecular flexibility index (Phi) is 6.31. The first-order valence-electron chi connectivity index (χ1n) is 10.6. The van der Waals surface area contributed by atoms with E-state index in [0.717, 1.165) is 5.56 Å². The third kappa shape index (κ3) is 4.27. The molecule has 0 fully saturated rings. The van der Waals surface area contributed by atoms with Crippen LogP contribution in [-0.2, 0) is 16.8 Å². The number of benzene rings is 3. The minimum atomic E-state index is -1.97. The fraction of sp³-hybridized carbons (Fsp3) is 0.231. The Labute approximate surface area is 192 Å². The van der Waals surface area contributed by atoms with Crippen LogP contribution in [-0.4, -0.2) is 29.9 Å². The second-order valence-electron chi connectivity index (χ2n) is 7.77. The van der Waals surface area contributed by atoms with Crippen LogP contribution < -0.4 is 9.64 Å². The van der Waals surface area contributed by atoms with E-state index >= 15 is 0 Å². The average Bonchev–Trinajstić information content (AvgIpc) is 3.00. The van der Waals surface area contributed by atoms with E-state index in [9.17, 15) is 14.7 Å². The van der Waals surface area contributed by atoms with E-state index in [1.807, 2.05) is 37.3 Å². The molecule has 164 valence electrons. The number of halogens is 1. The lowest BCUT2D eigenvalue weighted by Gasteiger charge is -2.23. The first kappa shape index (κ1) is 22.1. The van der Waals surface area contributed by atoms with Gasteiger partial charge in [0.1, 0.15) is 5.75 Å². The van der Waals surface area contributed by atoms with Crippen molar-refractivity contribution in [1.29, 1.82) is 0 Å². The van der Waals surface area contributed by atoms with Gasteiger partial charge in [-0.25, -0.2) is 0 Å². The number of amides is 1. The monoisotopic (exact) mass is 449 g/mol. The number of carbonyl (C=O) groups excluding carboxylic acids is 2. The first-order valence-corrected chi connectivity index (χ1v) is 10.9. The Morgan fingerprint density at radius 1 is 1.06 bits per heavy atom. The highest BCUT2D eigenvalue weighted by Gasteiger charge is 2.50. The summed E-state index contributed by atoms with van der Waals surface area (Å²) in [4.78, 5) is 27.9. The molecular weight excluding hydrogens is 426 g/mol. The van der Waals surface area contributed by atoms with Crippen molar-refractivity contribution < 1.29 is 19.4 Å². The predicted octanol–water partition coefficient (Wildman–Crippen LogP) is 4.79. The van der Waals surface area contributed by atoms with Gasteiger partial charge in [0.15, 0.2) is 11.4 Å². The van der Waals surface area contributed by atoms with Crippen LogP contribution in [0.5, 0.6) is 5.75 Å². The van der Waals surface area contributed by atoms with Crippen molar-refractivity contribution in [2.45, 2.75) is 25.4 Å². The summed E-state index contributed by atoms with van der Waals surface area (Å²) in [5.41, 5.74) is 0.462. The quantitative estimate of drug-likeness (QED) is 0.502. The van der Waals surface area contributed by atoms with Crippen LogP contribution in [0.15, 0.2) is 72.8 Å². The van der Waals surface area contributed by atoms with Gasteiger partial charge >= 0.3 is 0 Å². The Morgan fingerprint density at radius 3 is 2.47 bits per heavy atom. The number of ether oxygens (including phenoxy) is 1. The van der Waals surface area contributed by atoms with Gasteiger partial charge in [0, 0.05) is 22.7 Å². The summed E-state index contributed by atoms with van der Waals surface area (Å²) < 4.78 is 5.41. The van der Waals surface area contributed by atoms with Crippen LogP contribution in [0.2, 0.25) is 5.02 Å². The predicted molar refractivity (Wildman–Crippen MR) is 124 cm³/mol. The zero-order valence-corrected chi connectivity index (χ0v) is 18.5. The Morgan fingerprint density at radius 2 is 1.78 bits per heavy atom. The normalized spacial score (nSPS) is 17.3. The lowest BCUT2D eigenvalue weighted by Crippen LogP contribution is -2.42. The maximum absolute atomic E-state index is 13.4. The number of ketones is 1. The molecule has 3 aromatic rings. The number of hydrogen-bond acceptors (Lipinski definition) is 4. The Hall–Kier alpha value is -3.15. The molecule has 0 aliphatic carbocycles. The number of aliphatic hydroxyl groups is 1. The van der Waals surface area contributed by atoms with Crippen LogP contribution in [0.4, 0.5) is 5.69 Å². The van der Waals surface area contributed by atoms with E-state index in [1.165, 1.54) is 0 Å². The molecule has 1 N–H and O–H groups in total. The molecule has 3 aromatic carbocycles. The van der Waals surface area contributed by atoms with Crippen molar-refractivity contribution in [3.63, 3.8) is 0 Å². The molecule has 0 spiro atoms. The molecule has 5 nitrogen and oxygen atoms in total. The van der Waals surface area contributed by atoms with Gasteiger partial charge in [0.25, 0.3) is 5.91 Å². The van der Waals surface area contributed by atoms with E-state index in [0.29, 0.717) is 47.2 Å². The molecule has 1 unspecified atom stereocenters. The first-order chi connectivity index (χ1) is 15.4. The molecule has 6 heteroatoms. The highest BCUT2D eigenvalue weighted by Crippen LogP contribution is 2.44. The topological polar surface area (TPSA) is 66.8 Å². The summed E-state index contributed by atoms with van der Waals surface area (Å²) in [6.45, 7) is 2.79. The maximum Gasteiger partial charge on any atom is 0.264 e. The van der Waals surface area contributed by atoms with Crippen LogP contribution in [0.1, 0.15) is 34.8 Å². The third-order valence-electron chi connectivity index (χ3n) is 5.66. The van der Waals surface area contributed by atoms with Gasteiger partial charge in [0.05, 0.1) is 18.7 Å². The van der Waals surface area contributed by atoms with Crippen molar-refractivity contribution in [3.8, 4) is 5.75 Å². The van der Waals surface area contributed by atoms with E-state index in [1.54, 1.807) is 47.4 Å². The van der Waals surface area contributed by atoms with Gasteiger partial charge in [-0.15, -0.1) is 0 Å². The van der Waals surface area contributed by atoms with E-state index in [2.05, 4.69) is 0 Å². The summed E-state index contributed by atoms with van der Waals surface area (Å²) in [5, 5.41) is 11.9. The zero-order chi connectivity index (χ0) is 22.7. The fourth-order valence-electron chi connectivity index (χ4n) is 4.04. The molecule has 1 aliphatic heterocycles. The van der Waals surface area contributed by atoms with Crippen molar-refractivity contribution in [1.82, 2.24) is 0 Å². The number of fused-ring (bicyclic) bond motifs is 1. The molecule has 0 radical (unpaired) electrons. The van der Waals surface area contributed by atoms with Crippen LogP contribution in [0, 0.1) is 0 Å². The van der Waals surface area contributed by atoms with Crippen LogP contribution in [0.25, 0.3) is 0 Å². The fourth-order valence-corrected chi connectivity index (χ4v) is 4.21. The van der Waals surface area contributed by atoms with Crippen LogP contribution >= 0.6 is 11.6 Å². The van der Waals surface area contributed by atoms with E-state index < -0.39 is 11.5 Å². The highest BCUT2D eigenvalue weighted by atomic mass is 35.5. The summed E-state index contributed by atoms with van der Waals surface area (Å²) in [6, 6.07) is 21.5. The Balaban J connectivity index is 1.60. The molecule has 1 aliphatic rings. The number of rotatable bonds is 8. The second kappa shape index (κ2) is 9.15. The molecule has 0 aromatic heterocycles. The number of nitrogens with zero attached hydrogens (tertiary/aromatic N) is 1. The lowest BCUT2D eigenvalue weighted by molar-refractivity contribution is -0.135. The number of Topliss-reactive ketones (excluding diaryl/α,β-unsaturated/α-hetero) is 1. The molecule has 32 heavy (non-hydrogen) atoms. The van der Waals surface area contributed by atoms with Crippen molar-refractivity contribution >= 4 is 29.0 Å². The number of carbonyl (C=O) groups is 2. The summed E-state index contributed by atoms with van der Waals surface area (Å²) in [5.74, 6) is -0.186. The van der Waals surface area contributed by atoms with Crippen molar-refractivity contribution in [3.05, 3.63) is 94.5 Å². The van der Waals surface area contributed by atoms with Gasteiger partial charge < -0.3 is 14.7 Å². The number of hydrogen-bond donors (Lipinski definition) is 1. The van der Waals surface area contributed by atoms with Gasteiger partial charge in [-0.3, -0.25) is 9.59 Å².